The molecule has 2 aromatic rings. The topological polar surface area (TPSA) is 107 Å². The molecule has 0 saturated heterocycles. The maximum absolute atomic E-state index is 12.1. The highest BCUT2D eigenvalue weighted by Gasteiger charge is 2.14. The fourth-order valence-electron chi connectivity index (χ4n) is 1.97. The van der Waals surface area contributed by atoms with Gasteiger partial charge >= 0.3 is 5.97 Å². The van der Waals surface area contributed by atoms with Crippen LogP contribution in [0.25, 0.3) is 6.08 Å². The number of rotatable bonds is 6. The van der Waals surface area contributed by atoms with Gasteiger partial charge in [-0.1, -0.05) is 11.6 Å². The molecule has 0 saturated carbocycles. The molecule has 0 spiro atoms. The van der Waals surface area contributed by atoms with Crippen molar-refractivity contribution >= 4 is 35.5 Å². The molecule has 1 aromatic carbocycles. The van der Waals surface area contributed by atoms with Gasteiger partial charge in [-0.15, -0.1) is 0 Å². The molecule has 2 rings (SSSR count). The third-order valence-corrected chi connectivity index (χ3v) is 3.45. The quantitative estimate of drug-likeness (QED) is 0.443. The van der Waals surface area contributed by atoms with Crippen molar-refractivity contribution in [3.05, 3.63) is 58.5 Å². The minimum Gasteiger partial charge on any atom is -0.496 e. The molecule has 0 aliphatic carbocycles. The van der Waals surface area contributed by atoms with Crippen LogP contribution in [-0.2, 0) is 14.3 Å². The number of methoxy groups -OCH3 is 1. The number of halogens is 1. The lowest BCUT2D eigenvalue weighted by molar-refractivity contribution is -0.144. The fraction of sp³-hybridized carbons (Fsp3) is 0.167. The number of ether oxygens (including phenoxy) is 2. The number of aryl methyl sites for hydroxylation is 1. The third-order valence-electron chi connectivity index (χ3n) is 3.21. The monoisotopic (exact) mass is 392 g/mol. The van der Waals surface area contributed by atoms with Gasteiger partial charge in [-0.3, -0.25) is 20.4 Å². The van der Waals surface area contributed by atoms with Crippen molar-refractivity contribution in [1.82, 2.24) is 10.9 Å². The number of amides is 2. The maximum Gasteiger partial charge on any atom is 0.331 e. The van der Waals surface area contributed by atoms with Crippen LogP contribution in [0, 0.1) is 6.92 Å². The lowest BCUT2D eigenvalue weighted by atomic mass is 10.2. The van der Waals surface area contributed by atoms with Gasteiger partial charge in [0, 0.05) is 11.1 Å². The molecule has 9 heteroatoms. The van der Waals surface area contributed by atoms with E-state index >= 15 is 0 Å². The number of hydrogen-bond acceptors (Lipinski definition) is 6. The summed E-state index contributed by atoms with van der Waals surface area (Å²) in [4.78, 5) is 35.3. The Bertz CT molecular complexity index is 874. The smallest absolute Gasteiger partial charge is 0.331 e. The summed E-state index contributed by atoms with van der Waals surface area (Å²) in [5, 5.41) is 0.333. The Morgan fingerprint density at radius 2 is 1.96 bits per heavy atom. The van der Waals surface area contributed by atoms with Crippen LogP contribution >= 0.6 is 11.6 Å². The van der Waals surface area contributed by atoms with Crippen molar-refractivity contribution in [3.63, 3.8) is 0 Å². The Labute approximate surface area is 160 Å². The summed E-state index contributed by atoms with van der Waals surface area (Å²) in [6, 6.07) is 7.91. The fourth-order valence-corrected chi connectivity index (χ4v) is 2.14. The van der Waals surface area contributed by atoms with E-state index in [4.69, 9.17) is 25.5 Å². The van der Waals surface area contributed by atoms with Crippen LogP contribution in [0.2, 0.25) is 5.02 Å². The van der Waals surface area contributed by atoms with Gasteiger partial charge in [0.15, 0.2) is 6.61 Å². The number of hydrogen-bond donors (Lipinski definition) is 2. The highest BCUT2D eigenvalue weighted by molar-refractivity contribution is 6.31. The molecular weight excluding hydrogens is 376 g/mol. The van der Waals surface area contributed by atoms with E-state index in [1.54, 1.807) is 25.1 Å². The first-order valence-corrected chi connectivity index (χ1v) is 8.11. The van der Waals surface area contributed by atoms with Crippen LogP contribution in [0.3, 0.4) is 0 Å². The third kappa shape index (κ3) is 6.19. The molecule has 0 atom stereocenters. The second kappa shape index (κ2) is 9.44. The van der Waals surface area contributed by atoms with Gasteiger partial charge in [-0.05, 0) is 43.3 Å². The van der Waals surface area contributed by atoms with E-state index in [0.717, 1.165) is 6.08 Å². The van der Waals surface area contributed by atoms with E-state index in [-0.39, 0.29) is 11.3 Å². The molecule has 2 amide bonds. The largest absolute Gasteiger partial charge is 0.496 e. The van der Waals surface area contributed by atoms with Gasteiger partial charge < -0.3 is 13.9 Å². The van der Waals surface area contributed by atoms with Gasteiger partial charge in [-0.25, -0.2) is 4.79 Å². The normalized spacial score (nSPS) is 10.5. The summed E-state index contributed by atoms with van der Waals surface area (Å²) in [6.45, 7) is 1.20. The summed E-state index contributed by atoms with van der Waals surface area (Å²) in [6.07, 6.45) is 2.54. The molecule has 8 nitrogen and oxygen atoms in total. The number of carbonyl (C=O) groups excluding carboxylic acids is 3. The van der Waals surface area contributed by atoms with E-state index < -0.39 is 24.4 Å². The van der Waals surface area contributed by atoms with Crippen LogP contribution < -0.4 is 15.6 Å². The minimum absolute atomic E-state index is 0.138. The van der Waals surface area contributed by atoms with E-state index in [1.165, 1.54) is 25.3 Å². The maximum atomic E-state index is 12.1. The molecule has 0 aliphatic heterocycles. The summed E-state index contributed by atoms with van der Waals surface area (Å²) in [5.41, 5.74) is 4.45. The molecule has 27 heavy (non-hydrogen) atoms. The first kappa shape index (κ1) is 20.1. The Morgan fingerprint density at radius 1 is 1.19 bits per heavy atom. The first-order chi connectivity index (χ1) is 12.9. The number of carbonyl (C=O) groups is 3. The van der Waals surface area contributed by atoms with Crippen molar-refractivity contribution in [2.45, 2.75) is 6.92 Å². The molecule has 1 aromatic heterocycles. The Hall–Kier alpha value is -3.26. The zero-order valence-electron chi connectivity index (χ0n) is 14.6. The molecular formula is C18H17ClN2O6. The van der Waals surface area contributed by atoms with Gasteiger partial charge in [0.05, 0.1) is 12.7 Å². The summed E-state index contributed by atoms with van der Waals surface area (Å²) >= 11 is 5.85. The van der Waals surface area contributed by atoms with Crippen LogP contribution in [0.15, 0.2) is 40.8 Å². The minimum atomic E-state index is -0.734. The Balaban J connectivity index is 1.79. The highest BCUT2D eigenvalue weighted by Crippen LogP contribution is 2.22. The van der Waals surface area contributed by atoms with Crippen molar-refractivity contribution in [2.24, 2.45) is 0 Å². The second-order valence-electron chi connectivity index (χ2n) is 5.24. The standard InChI is InChI=1S/C18H17ClN2O6/c1-11-3-5-13(27-11)6-8-17(23)26-10-16(22)20-21-18(24)14-9-12(19)4-7-15(14)25-2/h3-9H,10H2,1-2H3,(H,20,22)(H,21,24)/b8-6+. The molecule has 0 unspecified atom stereocenters. The van der Waals surface area contributed by atoms with Crippen LogP contribution in [0.1, 0.15) is 21.9 Å². The zero-order chi connectivity index (χ0) is 19.8. The molecule has 0 fully saturated rings. The molecule has 0 bridgehead atoms. The lowest BCUT2D eigenvalue weighted by Crippen LogP contribution is -2.43. The number of nitrogens with one attached hydrogen (secondary N) is 2. The Morgan fingerprint density at radius 3 is 2.63 bits per heavy atom. The summed E-state index contributed by atoms with van der Waals surface area (Å²) < 4.78 is 15.1. The summed E-state index contributed by atoms with van der Waals surface area (Å²) in [5.74, 6) is -0.619. The predicted octanol–water partition coefficient (Wildman–Crippen LogP) is 2.27. The SMILES string of the molecule is COc1ccc(Cl)cc1C(=O)NNC(=O)COC(=O)/C=C/c1ccc(C)o1. The van der Waals surface area contributed by atoms with Gasteiger partial charge in [0.25, 0.3) is 11.8 Å². The molecule has 2 N–H and O–H groups in total. The first-order valence-electron chi connectivity index (χ1n) is 7.73. The van der Waals surface area contributed by atoms with Crippen LogP contribution in [-0.4, -0.2) is 31.5 Å². The predicted molar refractivity (Wildman–Crippen MR) is 97.1 cm³/mol. The number of furan rings is 1. The average Bonchev–Trinajstić information content (AvgIpc) is 3.07. The zero-order valence-corrected chi connectivity index (χ0v) is 15.3. The second-order valence-corrected chi connectivity index (χ2v) is 5.67. The van der Waals surface area contributed by atoms with Gasteiger partial charge in [0.2, 0.25) is 0 Å². The molecule has 142 valence electrons. The van der Waals surface area contributed by atoms with Crippen molar-refractivity contribution in [3.8, 4) is 5.75 Å². The number of benzene rings is 1. The van der Waals surface area contributed by atoms with E-state index in [2.05, 4.69) is 10.9 Å². The molecule has 0 aliphatic rings. The van der Waals surface area contributed by atoms with Gasteiger partial charge in [0.1, 0.15) is 17.3 Å². The van der Waals surface area contributed by atoms with E-state index in [9.17, 15) is 14.4 Å². The van der Waals surface area contributed by atoms with Crippen LogP contribution in [0.4, 0.5) is 0 Å². The van der Waals surface area contributed by atoms with Crippen molar-refractivity contribution < 1.29 is 28.3 Å². The number of hydrazine groups is 1. The van der Waals surface area contributed by atoms with Crippen molar-refractivity contribution in [1.29, 1.82) is 0 Å². The van der Waals surface area contributed by atoms with Crippen LogP contribution in [0.5, 0.6) is 5.75 Å². The highest BCUT2D eigenvalue weighted by atomic mass is 35.5. The number of esters is 1. The van der Waals surface area contributed by atoms with E-state index in [1.807, 2.05) is 0 Å². The Kier molecular flexibility index (Phi) is 7.01. The average molecular weight is 393 g/mol. The molecule has 0 radical (unpaired) electrons. The van der Waals surface area contributed by atoms with Gasteiger partial charge in [-0.2, -0.15) is 0 Å². The van der Waals surface area contributed by atoms with E-state index in [0.29, 0.717) is 16.5 Å². The van der Waals surface area contributed by atoms with Crippen molar-refractivity contribution in [2.75, 3.05) is 13.7 Å². The summed E-state index contributed by atoms with van der Waals surface area (Å²) in [7, 11) is 1.40. The molecule has 1 heterocycles. The lowest BCUT2D eigenvalue weighted by Gasteiger charge is -2.10.